The molecule has 2 aliphatic rings. The number of hydrogen-bond donors (Lipinski definition) is 2. The maximum absolute atomic E-state index is 4.66. The number of nitrogens with zero attached hydrogens (tertiary/aromatic N) is 2. The molecule has 0 amide bonds. The lowest BCUT2D eigenvalue weighted by Crippen LogP contribution is -2.29. The lowest BCUT2D eigenvalue weighted by Gasteiger charge is -2.21. The van der Waals surface area contributed by atoms with Crippen LogP contribution in [0.4, 0.5) is 0 Å². The van der Waals surface area contributed by atoms with Gasteiger partial charge in [0.05, 0.1) is 5.69 Å². The second-order valence-corrected chi connectivity index (χ2v) is 4.35. The largest absolute Gasteiger partial charge is 0.316 e. The van der Waals surface area contributed by atoms with Crippen molar-refractivity contribution in [3.05, 3.63) is 23.3 Å². The third-order valence-corrected chi connectivity index (χ3v) is 3.24. The van der Waals surface area contributed by atoms with Crippen LogP contribution in [0.2, 0.25) is 0 Å². The highest BCUT2D eigenvalue weighted by Gasteiger charge is 2.20. The van der Waals surface area contributed by atoms with Gasteiger partial charge in [0.15, 0.2) is 0 Å². The fourth-order valence-corrected chi connectivity index (χ4v) is 2.34. The van der Waals surface area contributed by atoms with Crippen molar-refractivity contribution in [2.75, 3.05) is 13.1 Å². The standard InChI is InChI=1S/C11H16N4/c1-2-8(4-12-3-1)11-14-6-9-5-13-7-10(9)15-11/h6,8,12-13H,1-5,7H2. The summed E-state index contributed by atoms with van der Waals surface area (Å²) in [6, 6.07) is 0. The second-order valence-electron chi connectivity index (χ2n) is 4.35. The highest BCUT2D eigenvalue weighted by Crippen LogP contribution is 2.21. The molecule has 0 aliphatic carbocycles. The van der Waals surface area contributed by atoms with Gasteiger partial charge in [-0.15, -0.1) is 0 Å². The van der Waals surface area contributed by atoms with Crippen molar-refractivity contribution < 1.29 is 0 Å². The number of rotatable bonds is 1. The predicted molar refractivity (Wildman–Crippen MR) is 57.4 cm³/mol. The van der Waals surface area contributed by atoms with E-state index in [0.29, 0.717) is 5.92 Å². The lowest BCUT2D eigenvalue weighted by molar-refractivity contribution is 0.445. The van der Waals surface area contributed by atoms with Crippen molar-refractivity contribution in [2.24, 2.45) is 0 Å². The Morgan fingerprint density at radius 3 is 3.13 bits per heavy atom. The Hall–Kier alpha value is -1.00. The van der Waals surface area contributed by atoms with Crippen LogP contribution in [0.25, 0.3) is 0 Å². The van der Waals surface area contributed by atoms with Crippen molar-refractivity contribution in [3.63, 3.8) is 0 Å². The molecule has 80 valence electrons. The molecular formula is C11H16N4. The van der Waals surface area contributed by atoms with Crippen molar-refractivity contribution in [3.8, 4) is 0 Å². The Balaban J connectivity index is 1.85. The van der Waals surface area contributed by atoms with Crippen LogP contribution >= 0.6 is 0 Å². The summed E-state index contributed by atoms with van der Waals surface area (Å²) in [5.74, 6) is 1.55. The van der Waals surface area contributed by atoms with Gasteiger partial charge >= 0.3 is 0 Å². The Morgan fingerprint density at radius 1 is 1.27 bits per heavy atom. The van der Waals surface area contributed by atoms with E-state index in [0.717, 1.165) is 32.0 Å². The van der Waals surface area contributed by atoms with Gasteiger partial charge in [-0.1, -0.05) is 0 Å². The zero-order valence-electron chi connectivity index (χ0n) is 8.79. The van der Waals surface area contributed by atoms with Crippen LogP contribution < -0.4 is 10.6 Å². The summed E-state index contributed by atoms with van der Waals surface area (Å²) in [4.78, 5) is 9.15. The fourth-order valence-electron chi connectivity index (χ4n) is 2.34. The predicted octanol–water partition coefficient (Wildman–Crippen LogP) is 0.547. The molecule has 0 aromatic carbocycles. The van der Waals surface area contributed by atoms with Crippen LogP contribution in [0.5, 0.6) is 0 Å². The number of hydrogen-bond acceptors (Lipinski definition) is 4. The number of fused-ring (bicyclic) bond motifs is 1. The number of aromatic nitrogens is 2. The normalized spacial score (nSPS) is 25.2. The summed E-state index contributed by atoms with van der Waals surface area (Å²) >= 11 is 0. The Bertz CT molecular complexity index is 358. The summed E-state index contributed by atoms with van der Waals surface area (Å²) in [6.07, 6.45) is 4.45. The Labute approximate surface area is 89.5 Å². The molecular weight excluding hydrogens is 188 g/mol. The molecule has 1 aromatic heterocycles. The molecule has 1 saturated heterocycles. The first-order valence-electron chi connectivity index (χ1n) is 5.69. The maximum atomic E-state index is 4.66. The highest BCUT2D eigenvalue weighted by molar-refractivity contribution is 5.22. The minimum Gasteiger partial charge on any atom is -0.316 e. The third-order valence-electron chi connectivity index (χ3n) is 3.24. The summed E-state index contributed by atoms with van der Waals surface area (Å²) in [6.45, 7) is 4.01. The Kier molecular flexibility index (Phi) is 2.38. The van der Waals surface area contributed by atoms with E-state index in [9.17, 15) is 0 Å². The van der Waals surface area contributed by atoms with Gasteiger partial charge in [0, 0.05) is 37.3 Å². The molecule has 4 nitrogen and oxygen atoms in total. The van der Waals surface area contributed by atoms with E-state index in [4.69, 9.17) is 0 Å². The van der Waals surface area contributed by atoms with Crippen LogP contribution in [-0.2, 0) is 13.1 Å². The van der Waals surface area contributed by atoms with Crippen molar-refractivity contribution >= 4 is 0 Å². The van der Waals surface area contributed by atoms with Crippen molar-refractivity contribution in [1.82, 2.24) is 20.6 Å². The van der Waals surface area contributed by atoms with Crippen LogP contribution in [0.15, 0.2) is 6.20 Å². The summed E-state index contributed by atoms with van der Waals surface area (Å²) in [5.41, 5.74) is 2.47. The molecule has 3 heterocycles. The zero-order valence-corrected chi connectivity index (χ0v) is 8.79. The molecule has 0 spiro atoms. The minimum atomic E-state index is 0.518. The molecule has 3 rings (SSSR count). The second kappa shape index (κ2) is 3.87. The molecule has 1 aromatic rings. The van der Waals surface area contributed by atoms with E-state index in [-0.39, 0.29) is 0 Å². The van der Waals surface area contributed by atoms with Crippen LogP contribution in [-0.4, -0.2) is 23.1 Å². The first kappa shape index (κ1) is 9.24. The SMILES string of the molecule is c1nc(C2CCCNC2)nc2c1CNC2. The molecule has 4 heteroatoms. The van der Waals surface area contributed by atoms with Crippen LogP contribution in [0.3, 0.4) is 0 Å². The monoisotopic (exact) mass is 204 g/mol. The molecule has 1 unspecified atom stereocenters. The molecule has 0 bridgehead atoms. The van der Waals surface area contributed by atoms with Crippen LogP contribution in [0, 0.1) is 0 Å². The number of piperidine rings is 1. The molecule has 15 heavy (non-hydrogen) atoms. The smallest absolute Gasteiger partial charge is 0.132 e. The lowest BCUT2D eigenvalue weighted by atomic mass is 9.99. The van der Waals surface area contributed by atoms with Gasteiger partial charge in [-0.2, -0.15) is 0 Å². The van der Waals surface area contributed by atoms with E-state index in [1.54, 1.807) is 0 Å². The minimum absolute atomic E-state index is 0.518. The van der Waals surface area contributed by atoms with Crippen LogP contribution in [0.1, 0.15) is 35.8 Å². The molecule has 2 aliphatic heterocycles. The summed E-state index contributed by atoms with van der Waals surface area (Å²) in [5, 5.41) is 6.71. The molecule has 0 radical (unpaired) electrons. The van der Waals surface area contributed by atoms with Gasteiger partial charge in [0.25, 0.3) is 0 Å². The van der Waals surface area contributed by atoms with Crippen molar-refractivity contribution in [2.45, 2.75) is 31.8 Å². The zero-order chi connectivity index (χ0) is 10.1. The van der Waals surface area contributed by atoms with E-state index in [2.05, 4.69) is 20.6 Å². The molecule has 1 fully saturated rings. The van der Waals surface area contributed by atoms with Gasteiger partial charge in [-0.05, 0) is 19.4 Å². The maximum Gasteiger partial charge on any atom is 0.132 e. The topological polar surface area (TPSA) is 49.8 Å². The van der Waals surface area contributed by atoms with Gasteiger partial charge in [-0.25, -0.2) is 9.97 Å². The quantitative estimate of drug-likeness (QED) is 0.701. The van der Waals surface area contributed by atoms with Gasteiger partial charge in [0.2, 0.25) is 0 Å². The first-order chi connectivity index (χ1) is 7.43. The average molecular weight is 204 g/mol. The fraction of sp³-hybridized carbons (Fsp3) is 0.636. The number of nitrogens with one attached hydrogen (secondary N) is 2. The highest BCUT2D eigenvalue weighted by atomic mass is 15.0. The van der Waals surface area contributed by atoms with Gasteiger partial charge < -0.3 is 10.6 Å². The molecule has 1 atom stereocenters. The molecule has 2 N–H and O–H groups in total. The first-order valence-corrected chi connectivity index (χ1v) is 5.69. The summed E-state index contributed by atoms with van der Waals surface area (Å²) in [7, 11) is 0. The Morgan fingerprint density at radius 2 is 2.27 bits per heavy atom. The van der Waals surface area contributed by atoms with Gasteiger partial charge in [-0.3, -0.25) is 0 Å². The summed E-state index contributed by atoms with van der Waals surface area (Å²) < 4.78 is 0. The third kappa shape index (κ3) is 1.75. The van der Waals surface area contributed by atoms with E-state index in [1.807, 2.05) is 6.20 Å². The van der Waals surface area contributed by atoms with Crippen molar-refractivity contribution in [1.29, 1.82) is 0 Å². The van der Waals surface area contributed by atoms with E-state index >= 15 is 0 Å². The average Bonchev–Trinajstić information content (AvgIpc) is 2.77. The molecule has 0 saturated carbocycles. The van der Waals surface area contributed by atoms with E-state index in [1.165, 1.54) is 24.1 Å². The van der Waals surface area contributed by atoms with E-state index < -0.39 is 0 Å². The van der Waals surface area contributed by atoms with Gasteiger partial charge in [0.1, 0.15) is 5.82 Å².